The Bertz CT molecular complexity index is 1340. The van der Waals surface area contributed by atoms with Crippen LogP contribution >= 0.6 is 0 Å². The molecule has 4 aromatic rings. The third kappa shape index (κ3) is 3.66. The van der Waals surface area contributed by atoms with Crippen LogP contribution in [0.3, 0.4) is 0 Å². The number of aromatic nitrogens is 5. The minimum atomic E-state index is -0.666. The molecule has 0 saturated heterocycles. The van der Waals surface area contributed by atoms with Crippen LogP contribution in [0.2, 0.25) is 0 Å². The summed E-state index contributed by atoms with van der Waals surface area (Å²) in [5.41, 5.74) is 3.31. The van der Waals surface area contributed by atoms with Crippen molar-refractivity contribution in [3.63, 3.8) is 0 Å². The molecule has 0 radical (unpaired) electrons. The predicted molar refractivity (Wildman–Crippen MR) is 112 cm³/mol. The number of ether oxygens (including phenoxy) is 1. The van der Waals surface area contributed by atoms with E-state index in [1.54, 1.807) is 0 Å². The summed E-state index contributed by atoms with van der Waals surface area (Å²) in [6, 6.07) is 11.4. The van der Waals surface area contributed by atoms with Gasteiger partial charge in [-0.25, -0.2) is 13.9 Å². The highest BCUT2D eigenvalue weighted by atomic mass is 19.1. The largest absolute Gasteiger partial charge is 0.452 e. The minimum Gasteiger partial charge on any atom is -0.452 e. The van der Waals surface area contributed by atoms with Gasteiger partial charge in [-0.3, -0.25) is 9.78 Å². The average molecular weight is 432 g/mol. The number of benzene rings is 2. The summed E-state index contributed by atoms with van der Waals surface area (Å²) in [5, 5.41) is 13.9. The molecule has 2 aromatic carbocycles. The third-order valence-corrected chi connectivity index (χ3v) is 5.30. The fraction of sp³-hybridized carbons (Fsp3) is 0.182. The fourth-order valence-corrected chi connectivity index (χ4v) is 3.86. The van der Waals surface area contributed by atoms with Crippen molar-refractivity contribution in [3.8, 4) is 5.69 Å². The summed E-state index contributed by atoms with van der Waals surface area (Å²) in [7, 11) is 0. The van der Waals surface area contributed by atoms with E-state index in [2.05, 4.69) is 25.8 Å². The molecule has 32 heavy (non-hydrogen) atoms. The predicted octanol–water partition coefficient (Wildman–Crippen LogP) is 2.63. The van der Waals surface area contributed by atoms with Gasteiger partial charge in [0.25, 0.3) is 5.91 Å². The number of para-hydroxylation sites is 1. The first kappa shape index (κ1) is 19.7. The van der Waals surface area contributed by atoms with Gasteiger partial charge < -0.3 is 10.1 Å². The summed E-state index contributed by atoms with van der Waals surface area (Å²) in [4.78, 5) is 29.9. The molecule has 0 atom stereocenters. The molecular formula is C22H17FN6O3. The number of tetrazole rings is 1. The summed E-state index contributed by atoms with van der Waals surface area (Å²) >= 11 is 0. The molecule has 10 heteroatoms. The second-order valence-electron chi connectivity index (χ2n) is 7.33. The first-order valence-corrected chi connectivity index (χ1v) is 10.0. The summed E-state index contributed by atoms with van der Waals surface area (Å²) in [5.74, 6) is -1.90. The van der Waals surface area contributed by atoms with E-state index in [4.69, 9.17) is 4.74 Å². The Morgan fingerprint density at radius 1 is 1.16 bits per heavy atom. The Balaban J connectivity index is 1.33. The van der Waals surface area contributed by atoms with Crippen LogP contribution in [-0.2, 0) is 22.4 Å². The molecular weight excluding hydrogens is 415 g/mol. The third-order valence-electron chi connectivity index (χ3n) is 5.30. The van der Waals surface area contributed by atoms with Crippen LogP contribution in [0.4, 0.5) is 10.1 Å². The molecule has 0 fully saturated rings. The van der Waals surface area contributed by atoms with Gasteiger partial charge in [-0.05, 0) is 59.5 Å². The van der Waals surface area contributed by atoms with E-state index in [9.17, 15) is 14.0 Å². The van der Waals surface area contributed by atoms with Crippen molar-refractivity contribution in [1.29, 1.82) is 0 Å². The minimum absolute atomic E-state index is 0.0747. The number of carbonyl (C=O) groups is 2. The number of anilines is 1. The summed E-state index contributed by atoms with van der Waals surface area (Å²) in [6.07, 6.45) is 3.80. The Morgan fingerprint density at radius 2 is 2.03 bits per heavy atom. The average Bonchev–Trinajstić information content (AvgIpc) is 3.49. The maximum Gasteiger partial charge on any atom is 0.339 e. The number of hydrogen-bond acceptors (Lipinski definition) is 7. The van der Waals surface area contributed by atoms with E-state index in [-0.39, 0.29) is 5.69 Å². The first-order chi connectivity index (χ1) is 15.6. The maximum atomic E-state index is 14.2. The number of halogens is 1. The van der Waals surface area contributed by atoms with Gasteiger partial charge in [0.1, 0.15) is 12.1 Å². The van der Waals surface area contributed by atoms with Crippen molar-refractivity contribution >= 4 is 28.5 Å². The van der Waals surface area contributed by atoms with E-state index in [0.29, 0.717) is 22.2 Å². The number of nitrogens with zero attached hydrogens (tertiary/aromatic N) is 5. The van der Waals surface area contributed by atoms with Crippen molar-refractivity contribution in [3.05, 3.63) is 71.4 Å². The van der Waals surface area contributed by atoms with E-state index < -0.39 is 24.3 Å². The van der Waals surface area contributed by atoms with Gasteiger partial charge >= 0.3 is 5.97 Å². The zero-order valence-corrected chi connectivity index (χ0v) is 16.8. The number of nitrogens with one attached hydrogen (secondary N) is 1. The van der Waals surface area contributed by atoms with Crippen molar-refractivity contribution in [1.82, 2.24) is 25.2 Å². The van der Waals surface area contributed by atoms with Gasteiger partial charge in [-0.15, -0.1) is 5.10 Å². The molecule has 1 amide bonds. The Hall–Kier alpha value is -4.21. The lowest BCUT2D eigenvalue weighted by Gasteiger charge is -2.12. The van der Waals surface area contributed by atoms with Gasteiger partial charge in [0, 0.05) is 11.1 Å². The first-order valence-electron chi connectivity index (χ1n) is 10.0. The van der Waals surface area contributed by atoms with Crippen LogP contribution in [-0.4, -0.2) is 43.7 Å². The van der Waals surface area contributed by atoms with Gasteiger partial charge in [-0.1, -0.05) is 18.2 Å². The van der Waals surface area contributed by atoms with Gasteiger partial charge in [0.05, 0.1) is 22.5 Å². The van der Waals surface area contributed by atoms with Crippen LogP contribution < -0.4 is 5.32 Å². The number of rotatable bonds is 5. The maximum absolute atomic E-state index is 14.2. The SMILES string of the molecule is O=C(COC(=O)c1c2c(nc3ccccc13)CCC2)Nc1cc(-n2cnnn2)ccc1F. The molecule has 0 aliphatic heterocycles. The van der Waals surface area contributed by atoms with Crippen LogP contribution in [0.25, 0.3) is 16.6 Å². The number of amides is 1. The standard InChI is InChI=1S/C22H17FN6O3/c23-16-9-8-13(29-12-24-27-28-29)10-19(16)26-20(30)11-32-22(31)21-14-4-1-2-6-17(14)25-18-7-3-5-15(18)21/h1-2,4,6,8-10,12H,3,5,7,11H2,(H,26,30). The number of pyridine rings is 1. The molecule has 0 spiro atoms. The molecule has 1 aliphatic rings. The van der Waals surface area contributed by atoms with Gasteiger partial charge in [-0.2, -0.15) is 0 Å². The number of hydrogen-bond donors (Lipinski definition) is 1. The van der Waals surface area contributed by atoms with Crippen molar-refractivity contribution in [2.24, 2.45) is 0 Å². The quantitative estimate of drug-likeness (QED) is 0.483. The Kier molecular flexibility index (Phi) is 5.02. The lowest BCUT2D eigenvalue weighted by Crippen LogP contribution is -2.22. The molecule has 1 aliphatic carbocycles. The number of carbonyl (C=O) groups excluding carboxylic acids is 2. The number of fused-ring (bicyclic) bond motifs is 2. The zero-order valence-electron chi connectivity index (χ0n) is 16.8. The van der Waals surface area contributed by atoms with Crippen LogP contribution in [0.15, 0.2) is 48.8 Å². The topological polar surface area (TPSA) is 112 Å². The van der Waals surface area contributed by atoms with E-state index in [1.807, 2.05) is 24.3 Å². The van der Waals surface area contributed by atoms with Crippen molar-refractivity contribution in [2.45, 2.75) is 19.3 Å². The summed E-state index contributed by atoms with van der Waals surface area (Å²) in [6.45, 7) is -0.557. The molecule has 1 N–H and O–H groups in total. The normalized spacial score (nSPS) is 12.5. The van der Waals surface area contributed by atoms with Gasteiger partial charge in [0.2, 0.25) is 0 Å². The van der Waals surface area contributed by atoms with Crippen molar-refractivity contribution in [2.75, 3.05) is 11.9 Å². The zero-order chi connectivity index (χ0) is 22.1. The number of aryl methyl sites for hydroxylation is 1. The van der Waals surface area contributed by atoms with Crippen molar-refractivity contribution < 1.29 is 18.7 Å². The van der Waals surface area contributed by atoms with Crippen LogP contribution in [0, 0.1) is 5.82 Å². The van der Waals surface area contributed by atoms with E-state index in [0.717, 1.165) is 30.5 Å². The van der Waals surface area contributed by atoms with Crippen LogP contribution in [0.5, 0.6) is 0 Å². The van der Waals surface area contributed by atoms with E-state index in [1.165, 1.54) is 29.2 Å². The lowest BCUT2D eigenvalue weighted by atomic mass is 10.0. The fourth-order valence-electron chi connectivity index (χ4n) is 3.86. The monoisotopic (exact) mass is 432 g/mol. The van der Waals surface area contributed by atoms with Crippen LogP contribution in [0.1, 0.15) is 28.0 Å². The second kappa shape index (κ2) is 8.14. The summed E-state index contributed by atoms with van der Waals surface area (Å²) < 4.78 is 20.8. The molecule has 0 bridgehead atoms. The van der Waals surface area contributed by atoms with Gasteiger partial charge in [0.15, 0.2) is 6.61 Å². The van der Waals surface area contributed by atoms with E-state index >= 15 is 0 Å². The number of esters is 1. The smallest absolute Gasteiger partial charge is 0.339 e. The highest BCUT2D eigenvalue weighted by molar-refractivity contribution is 6.06. The molecule has 0 saturated carbocycles. The lowest BCUT2D eigenvalue weighted by molar-refractivity contribution is -0.119. The molecule has 9 nitrogen and oxygen atoms in total. The highest BCUT2D eigenvalue weighted by Crippen LogP contribution is 2.30. The molecule has 0 unspecified atom stereocenters. The highest BCUT2D eigenvalue weighted by Gasteiger charge is 2.25. The molecule has 5 rings (SSSR count). The molecule has 160 valence electrons. The second-order valence-corrected chi connectivity index (χ2v) is 7.33. The molecule has 2 aromatic heterocycles. The molecule has 2 heterocycles. The Morgan fingerprint density at radius 3 is 2.88 bits per heavy atom. The Labute approximate surface area is 181 Å².